The SMILES string of the molecule is CCN(CC)S(=O)(=O)c1cc(C(=O)Oc2ccc(F)c(F)c2)ccc1Cl. The highest BCUT2D eigenvalue weighted by atomic mass is 35.5. The average Bonchev–Trinajstić information content (AvgIpc) is 2.59. The smallest absolute Gasteiger partial charge is 0.343 e. The summed E-state index contributed by atoms with van der Waals surface area (Å²) in [4.78, 5) is 12.0. The van der Waals surface area contributed by atoms with E-state index in [0.717, 1.165) is 24.3 Å². The zero-order valence-corrected chi connectivity index (χ0v) is 15.6. The van der Waals surface area contributed by atoms with E-state index in [1.165, 1.54) is 16.4 Å². The Bertz CT molecular complexity index is 930. The summed E-state index contributed by atoms with van der Waals surface area (Å²) in [5, 5.41) is -0.0405. The molecule has 0 heterocycles. The summed E-state index contributed by atoms with van der Waals surface area (Å²) in [6.45, 7) is 3.82. The van der Waals surface area contributed by atoms with Crippen LogP contribution in [0.3, 0.4) is 0 Å². The number of ether oxygens (including phenoxy) is 1. The molecule has 2 aromatic rings. The fourth-order valence-electron chi connectivity index (χ4n) is 2.24. The Morgan fingerprint density at radius 2 is 1.73 bits per heavy atom. The second-order valence-corrected chi connectivity index (χ2v) is 7.51. The molecule has 0 bridgehead atoms. The lowest BCUT2D eigenvalue weighted by atomic mass is 10.2. The molecule has 2 rings (SSSR count). The molecule has 0 N–H and O–H groups in total. The first kappa shape index (κ1) is 20.3. The topological polar surface area (TPSA) is 63.7 Å². The number of carbonyl (C=O) groups is 1. The molecule has 0 saturated carbocycles. The van der Waals surface area contributed by atoms with Crippen LogP contribution in [0.25, 0.3) is 0 Å². The molecule has 0 saturated heterocycles. The van der Waals surface area contributed by atoms with Gasteiger partial charge in [-0.25, -0.2) is 22.0 Å². The molecular formula is C17H16ClF2NO4S. The number of carbonyl (C=O) groups excluding carboxylic acids is 1. The van der Waals surface area contributed by atoms with Crippen molar-refractivity contribution in [3.8, 4) is 5.75 Å². The minimum absolute atomic E-state index is 0.0405. The molecule has 0 spiro atoms. The molecule has 0 unspecified atom stereocenters. The van der Waals surface area contributed by atoms with Gasteiger partial charge in [0.15, 0.2) is 11.6 Å². The number of halogens is 3. The molecule has 0 aliphatic heterocycles. The molecule has 0 fully saturated rings. The quantitative estimate of drug-likeness (QED) is 0.542. The highest BCUT2D eigenvalue weighted by molar-refractivity contribution is 7.89. The number of hydrogen-bond donors (Lipinski definition) is 0. The van der Waals surface area contributed by atoms with Crippen LogP contribution in [-0.2, 0) is 10.0 Å². The molecule has 26 heavy (non-hydrogen) atoms. The summed E-state index contributed by atoms with van der Waals surface area (Å²) < 4.78 is 57.5. The third-order valence-electron chi connectivity index (χ3n) is 3.59. The lowest BCUT2D eigenvalue weighted by molar-refractivity contribution is 0.0734. The lowest BCUT2D eigenvalue weighted by Crippen LogP contribution is -2.31. The van der Waals surface area contributed by atoms with E-state index in [1.807, 2.05) is 0 Å². The van der Waals surface area contributed by atoms with Crippen molar-refractivity contribution >= 4 is 27.6 Å². The maximum Gasteiger partial charge on any atom is 0.343 e. The Balaban J connectivity index is 2.36. The van der Waals surface area contributed by atoms with Crippen molar-refractivity contribution in [2.75, 3.05) is 13.1 Å². The number of hydrogen-bond acceptors (Lipinski definition) is 4. The van der Waals surface area contributed by atoms with Crippen LogP contribution < -0.4 is 4.74 Å². The van der Waals surface area contributed by atoms with Crippen molar-refractivity contribution in [2.24, 2.45) is 0 Å². The highest BCUT2D eigenvalue weighted by Crippen LogP contribution is 2.26. The van der Waals surface area contributed by atoms with E-state index in [9.17, 15) is 22.0 Å². The van der Waals surface area contributed by atoms with Crippen LogP contribution in [0.1, 0.15) is 24.2 Å². The van der Waals surface area contributed by atoms with Crippen molar-refractivity contribution in [2.45, 2.75) is 18.7 Å². The monoisotopic (exact) mass is 403 g/mol. The van der Waals surface area contributed by atoms with Crippen LogP contribution in [0, 0.1) is 11.6 Å². The van der Waals surface area contributed by atoms with Gasteiger partial charge < -0.3 is 4.74 Å². The van der Waals surface area contributed by atoms with Gasteiger partial charge in [-0.15, -0.1) is 0 Å². The van der Waals surface area contributed by atoms with Crippen molar-refractivity contribution < 1.29 is 26.7 Å². The number of esters is 1. The predicted octanol–water partition coefficient (Wildman–Crippen LogP) is 3.87. The van der Waals surface area contributed by atoms with Gasteiger partial charge >= 0.3 is 5.97 Å². The molecule has 0 aliphatic rings. The zero-order chi connectivity index (χ0) is 19.5. The van der Waals surface area contributed by atoms with Gasteiger partial charge in [-0.05, 0) is 30.3 Å². The summed E-state index contributed by atoms with van der Waals surface area (Å²) in [7, 11) is -3.89. The maximum absolute atomic E-state index is 13.2. The Morgan fingerprint density at radius 1 is 1.08 bits per heavy atom. The van der Waals surface area contributed by atoms with Crippen molar-refractivity contribution in [3.05, 3.63) is 58.6 Å². The third kappa shape index (κ3) is 4.20. The second kappa shape index (κ2) is 8.11. The molecule has 0 amide bonds. The molecule has 5 nitrogen and oxygen atoms in total. The first-order chi connectivity index (χ1) is 12.2. The molecule has 140 valence electrons. The Labute approximate surface area is 155 Å². The van der Waals surface area contributed by atoms with Crippen LogP contribution in [-0.4, -0.2) is 31.8 Å². The standard InChI is InChI=1S/C17H16ClF2NO4S/c1-3-21(4-2)26(23,24)16-9-11(5-7-13(16)18)17(22)25-12-6-8-14(19)15(20)10-12/h5-10H,3-4H2,1-2H3. The summed E-state index contributed by atoms with van der Waals surface area (Å²) in [5.41, 5.74) is -0.0927. The Hall–Kier alpha value is -2.03. The number of benzene rings is 2. The van der Waals surface area contributed by atoms with Gasteiger partial charge in [-0.1, -0.05) is 25.4 Å². The molecule has 0 aromatic heterocycles. The largest absolute Gasteiger partial charge is 0.423 e. The van der Waals surface area contributed by atoms with E-state index >= 15 is 0 Å². The first-order valence-electron chi connectivity index (χ1n) is 7.67. The van der Waals surface area contributed by atoms with Crippen LogP contribution >= 0.6 is 11.6 Å². The van der Waals surface area contributed by atoms with E-state index in [0.29, 0.717) is 0 Å². The predicted molar refractivity (Wildman–Crippen MR) is 92.9 cm³/mol. The van der Waals surface area contributed by atoms with E-state index in [-0.39, 0.29) is 34.3 Å². The van der Waals surface area contributed by atoms with Crippen LogP contribution in [0.4, 0.5) is 8.78 Å². The van der Waals surface area contributed by atoms with Crippen LogP contribution in [0.2, 0.25) is 5.02 Å². The van der Waals surface area contributed by atoms with Crippen molar-refractivity contribution in [1.82, 2.24) is 4.31 Å². The van der Waals surface area contributed by atoms with Crippen LogP contribution in [0.15, 0.2) is 41.3 Å². The van der Waals surface area contributed by atoms with Gasteiger partial charge in [0, 0.05) is 19.2 Å². The zero-order valence-electron chi connectivity index (χ0n) is 14.0. The molecular weight excluding hydrogens is 388 g/mol. The van der Waals surface area contributed by atoms with E-state index in [4.69, 9.17) is 16.3 Å². The van der Waals surface area contributed by atoms with E-state index < -0.39 is 27.6 Å². The lowest BCUT2D eigenvalue weighted by Gasteiger charge is -2.19. The minimum Gasteiger partial charge on any atom is -0.423 e. The van der Waals surface area contributed by atoms with Gasteiger partial charge in [-0.2, -0.15) is 4.31 Å². The molecule has 9 heteroatoms. The van der Waals surface area contributed by atoms with E-state index in [1.54, 1.807) is 13.8 Å². The first-order valence-corrected chi connectivity index (χ1v) is 9.49. The second-order valence-electron chi connectivity index (χ2n) is 5.20. The molecule has 0 atom stereocenters. The number of nitrogens with zero attached hydrogens (tertiary/aromatic N) is 1. The van der Waals surface area contributed by atoms with Gasteiger partial charge in [0.05, 0.1) is 10.6 Å². The van der Waals surface area contributed by atoms with Gasteiger partial charge in [-0.3, -0.25) is 0 Å². The summed E-state index contributed by atoms with van der Waals surface area (Å²) in [6, 6.07) is 6.26. The fraction of sp³-hybridized carbons (Fsp3) is 0.235. The van der Waals surface area contributed by atoms with Gasteiger partial charge in [0.1, 0.15) is 10.6 Å². The molecule has 0 aliphatic carbocycles. The van der Waals surface area contributed by atoms with Gasteiger partial charge in [0.25, 0.3) is 0 Å². The average molecular weight is 404 g/mol. The van der Waals surface area contributed by atoms with Crippen molar-refractivity contribution in [3.63, 3.8) is 0 Å². The van der Waals surface area contributed by atoms with Crippen molar-refractivity contribution in [1.29, 1.82) is 0 Å². The Kier molecular flexibility index (Phi) is 6.33. The highest BCUT2D eigenvalue weighted by Gasteiger charge is 2.26. The normalized spacial score (nSPS) is 11.6. The van der Waals surface area contributed by atoms with Crippen LogP contribution in [0.5, 0.6) is 5.75 Å². The third-order valence-corrected chi connectivity index (χ3v) is 6.12. The summed E-state index contributed by atoms with van der Waals surface area (Å²) in [5.74, 6) is -3.39. The van der Waals surface area contributed by atoms with Gasteiger partial charge in [0.2, 0.25) is 10.0 Å². The molecule has 0 radical (unpaired) electrons. The summed E-state index contributed by atoms with van der Waals surface area (Å²) >= 11 is 5.99. The van der Waals surface area contributed by atoms with E-state index in [2.05, 4.69) is 0 Å². The fourth-order valence-corrected chi connectivity index (χ4v) is 4.20. The summed E-state index contributed by atoms with van der Waals surface area (Å²) in [6.07, 6.45) is 0. The number of rotatable bonds is 6. The molecule has 2 aromatic carbocycles. The maximum atomic E-state index is 13.2. The number of sulfonamides is 1. The Morgan fingerprint density at radius 3 is 2.31 bits per heavy atom. The minimum atomic E-state index is -3.89.